The molecule has 0 amide bonds. The van der Waals surface area contributed by atoms with E-state index in [1.165, 1.54) is 6.08 Å². The molecule has 0 aliphatic rings. The van der Waals surface area contributed by atoms with Crippen LogP contribution in [0.3, 0.4) is 0 Å². The molecule has 0 aliphatic heterocycles. The van der Waals surface area contributed by atoms with Gasteiger partial charge in [-0.2, -0.15) is 0 Å². The Hall–Kier alpha value is -4.07. The number of rotatable bonds is 14. The number of hydrogen-bond donors (Lipinski definition) is 0. The third-order valence-electron chi connectivity index (χ3n) is 6.38. The molecular formula is C35H46O8. The summed E-state index contributed by atoms with van der Waals surface area (Å²) in [6, 6.07) is 10.2. The predicted octanol–water partition coefficient (Wildman–Crippen LogP) is 7.69. The van der Waals surface area contributed by atoms with Gasteiger partial charge in [0.05, 0.1) is 17.4 Å². The van der Waals surface area contributed by atoms with Crippen LogP contribution in [0, 0.1) is 10.8 Å². The lowest BCUT2D eigenvalue weighted by Crippen LogP contribution is -2.25. The molecule has 0 fully saturated rings. The summed E-state index contributed by atoms with van der Waals surface area (Å²) in [5, 5.41) is 0. The van der Waals surface area contributed by atoms with Crippen LogP contribution in [0.4, 0.5) is 0 Å². The molecule has 43 heavy (non-hydrogen) atoms. The predicted molar refractivity (Wildman–Crippen MR) is 167 cm³/mol. The second-order valence-electron chi connectivity index (χ2n) is 12.8. The highest BCUT2D eigenvalue weighted by Gasteiger charge is 2.26. The van der Waals surface area contributed by atoms with Crippen molar-refractivity contribution in [1.29, 1.82) is 0 Å². The molecular weight excluding hydrogens is 548 g/mol. The zero-order valence-electron chi connectivity index (χ0n) is 27.0. The van der Waals surface area contributed by atoms with Crippen LogP contribution in [0.5, 0.6) is 17.2 Å². The Kier molecular flexibility index (Phi) is 12.2. The van der Waals surface area contributed by atoms with Gasteiger partial charge in [-0.15, -0.1) is 6.58 Å². The van der Waals surface area contributed by atoms with E-state index < -0.39 is 16.2 Å². The van der Waals surface area contributed by atoms with Crippen molar-refractivity contribution in [3.63, 3.8) is 0 Å². The number of carbonyl (C=O) groups excluding carboxylic acids is 3. The van der Waals surface area contributed by atoms with E-state index in [-0.39, 0.29) is 31.3 Å². The molecule has 8 heteroatoms. The quantitative estimate of drug-likeness (QED) is 0.0722. The van der Waals surface area contributed by atoms with E-state index in [0.717, 1.165) is 12.0 Å². The minimum absolute atomic E-state index is 0.216. The maximum absolute atomic E-state index is 13.0. The summed E-state index contributed by atoms with van der Waals surface area (Å²) in [7, 11) is 0. The van der Waals surface area contributed by atoms with E-state index in [4.69, 9.17) is 23.7 Å². The topological polar surface area (TPSA) is 97.4 Å². The van der Waals surface area contributed by atoms with E-state index >= 15 is 0 Å². The zero-order valence-corrected chi connectivity index (χ0v) is 27.0. The molecule has 2 aromatic rings. The summed E-state index contributed by atoms with van der Waals surface area (Å²) in [4.78, 5) is 37.2. The number of ether oxygens (including phenoxy) is 5. The molecule has 0 bridgehead atoms. The molecule has 0 atom stereocenters. The fourth-order valence-corrected chi connectivity index (χ4v) is 3.49. The Balaban J connectivity index is 2.28. The van der Waals surface area contributed by atoms with Crippen molar-refractivity contribution >= 4 is 23.8 Å². The van der Waals surface area contributed by atoms with Crippen LogP contribution in [0.15, 0.2) is 55.1 Å². The van der Waals surface area contributed by atoms with Gasteiger partial charge < -0.3 is 23.7 Å². The average molecular weight is 595 g/mol. The van der Waals surface area contributed by atoms with E-state index in [1.807, 2.05) is 26.8 Å². The van der Waals surface area contributed by atoms with Gasteiger partial charge in [-0.05, 0) is 90.4 Å². The van der Waals surface area contributed by atoms with E-state index in [0.29, 0.717) is 35.0 Å². The molecule has 0 aliphatic carbocycles. The molecule has 0 N–H and O–H groups in total. The summed E-state index contributed by atoms with van der Waals surface area (Å²) in [5.41, 5.74) is 0.154. The summed E-state index contributed by atoms with van der Waals surface area (Å²) in [6.45, 7) is 20.6. The van der Waals surface area contributed by atoms with Crippen molar-refractivity contribution < 1.29 is 38.1 Å². The monoisotopic (exact) mass is 594 g/mol. The van der Waals surface area contributed by atoms with Crippen LogP contribution >= 0.6 is 0 Å². The van der Waals surface area contributed by atoms with Crippen LogP contribution < -0.4 is 14.2 Å². The van der Waals surface area contributed by atoms with Gasteiger partial charge in [-0.3, -0.25) is 14.4 Å². The largest absolute Gasteiger partial charge is 0.493 e. The number of ketones is 1. The van der Waals surface area contributed by atoms with Gasteiger partial charge in [0.1, 0.15) is 17.2 Å². The molecule has 2 rings (SSSR count). The standard InChI is InChI=1S/C35H46O8/c1-11-19-39-29-21-30(41-23-43-32(38)34(6,7)8)27(35(9,10)12-2)20-25(29)15-18-28(36)24-13-16-26(17-14-24)40-22-42-31(37)33(3,4)5/h12-18,20-21H,2,11,19,22-23H2,1,3-10H3/b18-15+. The van der Waals surface area contributed by atoms with Crippen LogP contribution in [0.2, 0.25) is 0 Å². The van der Waals surface area contributed by atoms with Crippen LogP contribution in [0.25, 0.3) is 6.08 Å². The molecule has 0 spiro atoms. The number of esters is 2. The normalized spacial score (nSPS) is 12.0. The first-order valence-electron chi connectivity index (χ1n) is 14.4. The third-order valence-corrected chi connectivity index (χ3v) is 6.38. The van der Waals surface area contributed by atoms with Gasteiger partial charge in [0.25, 0.3) is 0 Å². The highest BCUT2D eigenvalue weighted by Crippen LogP contribution is 2.38. The van der Waals surface area contributed by atoms with Crippen molar-refractivity contribution in [2.75, 3.05) is 20.2 Å². The Bertz CT molecular complexity index is 1310. The molecule has 0 radical (unpaired) electrons. The second kappa shape index (κ2) is 14.9. The summed E-state index contributed by atoms with van der Waals surface area (Å²) in [5.74, 6) is 0.532. The highest BCUT2D eigenvalue weighted by atomic mass is 16.7. The number of benzene rings is 2. The van der Waals surface area contributed by atoms with E-state index in [1.54, 1.807) is 84.0 Å². The minimum Gasteiger partial charge on any atom is -0.493 e. The zero-order chi connectivity index (χ0) is 32.4. The van der Waals surface area contributed by atoms with Crippen LogP contribution in [0.1, 0.15) is 90.2 Å². The minimum atomic E-state index is -0.655. The Morgan fingerprint density at radius 1 is 0.767 bits per heavy atom. The lowest BCUT2D eigenvalue weighted by Gasteiger charge is -2.26. The molecule has 8 nitrogen and oxygen atoms in total. The molecule has 0 saturated heterocycles. The first-order valence-corrected chi connectivity index (χ1v) is 14.4. The second-order valence-corrected chi connectivity index (χ2v) is 12.8. The highest BCUT2D eigenvalue weighted by molar-refractivity contribution is 6.07. The Morgan fingerprint density at radius 2 is 1.33 bits per heavy atom. The lowest BCUT2D eigenvalue weighted by molar-refractivity contribution is -0.160. The SMILES string of the molecule is C=CC(C)(C)c1cc(/C=C/C(=O)c2ccc(OCOC(=O)C(C)(C)C)cc2)c(OCCC)cc1OCOC(=O)C(C)(C)C. The summed E-state index contributed by atoms with van der Waals surface area (Å²) >= 11 is 0. The van der Waals surface area contributed by atoms with Crippen molar-refractivity contribution in [3.05, 3.63) is 71.8 Å². The van der Waals surface area contributed by atoms with Gasteiger partial charge in [-0.1, -0.05) is 26.8 Å². The molecule has 0 unspecified atom stereocenters. The molecule has 0 aromatic heterocycles. The smallest absolute Gasteiger partial charge is 0.314 e. The maximum Gasteiger partial charge on any atom is 0.314 e. The van der Waals surface area contributed by atoms with Crippen molar-refractivity contribution in [2.45, 2.75) is 74.1 Å². The summed E-state index contributed by atoms with van der Waals surface area (Å²) < 4.78 is 27.9. The summed E-state index contributed by atoms with van der Waals surface area (Å²) in [6.07, 6.45) is 5.77. The Morgan fingerprint density at radius 3 is 1.84 bits per heavy atom. The van der Waals surface area contributed by atoms with Crippen LogP contribution in [-0.2, 0) is 24.5 Å². The van der Waals surface area contributed by atoms with Crippen LogP contribution in [-0.4, -0.2) is 37.9 Å². The number of allylic oxidation sites excluding steroid dienone is 2. The first kappa shape index (κ1) is 35.1. The molecule has 0 heterocycles. The molecule has 0 saturated carbocycles. The van der Waals surface area contributed by atoms with E-state index in [9.17, 15) is 14.4 Å². The molecule has 234 valence electrons. The third kappa shape index (κ3) is 10.6. The van der Waals surface area contributed by atoms with Gasteiger partial charge >= 0.3 is 11.9 Å². The Labute approximate surface area is 256 Å². The maximum atomic E-state index is 13.0. The molecule has 2 aromatic carbocycles. The average Bonchev–Trinajstić information content (AvgIpc) is 2.94. The van der Waals surface area contributed by atoms with Crippen molar-refractivity contribution in [2.24, 2.45) is 10.8 Å². The van der Waals surface area contributed by atoms with Gasteiger partial charge in [0.2, 0.25) is 13.6 Å². The number of carbonyl (C=O) groups is 3. The van der Waals surface area contributed by atoms with Gasteiger partial charge in [-0.25, -0.2) is 0 Å². The van der Waals surface area contributed by atoms with Crippen molar-refractivity contribution in [1.82, 2.24) is 0 Å². The van der Waals surface area contributed by atoms with Gasteiger partial charge in [0, 0.05) is 28.2 Å². The van der Waals surface area contributed by atoms with E-state index in [2.05, 4.69) is 6.58 Å². The lowest BCUT2D eigenvalue weighted by atomic mass is 9.83. The van der Waals surface area contributed by atoms with Gasteiger partial charge in [0.15, 0.2) is 5.78 Å². The van der Waals surface area contributed by atoms with Crippen molar-refractivity contribution in [3.8, 4) is 17.2 Å². The first-order chi connectivity index (χ1) is 20.0. The fraction of sp³-hybridized carbons (Fsp3) is 0.457. The number of hydrogen-bond acceptors (Lipinski definition) is 8. The fourth-order valence-electron chi connectivity index (χ4n) is 3.49.